The van der Waals surface area contributed by atoms with Crippen LogP contribution in [-0.2, 0) is 9.53 Å². The van der Waals surface area contributed by atoms with Gasteiger partial charge in [0.25, 0.3) is 5.91 Å². The summed E-state index contributed by atoms with van der Waals surface area (Å²) in [5.41, 5.74) is 1.97. The Labute approximate surface area is 138 Å². The number of urea groups is 1. The van der Waals surface area contributed by atoms with Gasteiger partial charge in [-0.3, -0.25) is 10.1 Å². The SMILES string of the molecule is CNC(=O)NC(=O)COC(=O)c1ccc(-n2nc(C)cc2C)nc1. The average Bonchev–Trinajstić information content (AvgIpc) is 2.91. The lowest BCUT2D eigenvalue weighted by atomic mass is 10.3. The number of nitrogens with zero attached hydrogens (tertiary/aromatic N) is 3. The predicted octanol–water partition coefficient (Wildman–Crippen LogP) is 0.497. The summed E-state index contributed by atoms with van der Waals surface area (Å²) in [4.78, 5) is 38.3. The summed E-state index contributed by atoms with van der Waals surface area (Å²) in [6.07, 6.45) is 1.34. The molecule has 0 aliphatic rings. The monoisotopic (exact) mass is 331 g/mol. The molecular formula is C15H17N5O4. The number of hydrogen-bond acceptors (Lipinski definition) is 6. The highest BCUT2D eigenvalue weighted by molar-refractivity contribution is 5.96. The maximum atomic E-state index is 11.9. The molecule has 9 heteroatoms. The third-order valence-electron chi connectivity index (χ3n) is 3.02. The molecule has 2 rings (SSSR count). The van der Waals surface area contributed by atoms with E-state index in [1.165, 1.54) is 19.3 Å². The molecule has 0 aliphatic heterocycles. The number of aryl methyl sites for hydroxylation is 2. The van der Waals surface area contributed by atoms with E-state index in [-0.39, 0.29) is 5.56 Å². The highest BCUT2D eigenvalue weighted by Crippen LogP contribution is 2.10. The second kappa shape index (κ2) is 7.36. The number of hydrogen-bond donors (Lipinski definition) is 2. The van der Waals surface area contributed by atoms with E-state index >= 15 is 0 Å². The molecule has 9 nitrogen and oxygen atoms in total. The summed E-state index contributed by atoms with van der Waals surface area (Å²) in [7, 11) is 1.37. The predicted molar refractivity (Wildman–Crippen MR) is 83.7 cm³/mol. The lowest BCUT2D eigenvalue weighted by Gasteiger charge is -2.06. The van der Waals surface area contributed by atoms with Crippen LogP contribution in [0.5, 0.6) is 0 Å². The van der Waals surface area contributed by atoms with Crippen molar-refractivity contribution in [1.29, 1.82) is 0 Å². The van der Waals surface area contributed by atoms with Crippen LogP contribution in [0, 0.1) is 13.8 Å². The third-order valence-corrected chi connectivity index (χ3v) is 3.02. The number of amides is 3. The van der Waals surface area contributed by atoms with Crippen molar-refractivity contribution in [2.45, 2.75) is 13.8 Å². The van der Waals surface area contributed by atoms with Gasteiger partial charge in [-0.15, -0.1) is 0 Å². The highest BCUT2D eigenvalue weighted by Gasteiger charge is 2.13. The van der Waals surface area contributed by atoms with Gasteiger partial charge in [0, 0.05) is 18.9 Å². The Hall–Kier alpha value is -3.23. The molecule has 0 unspecified atom stereocenters. The molecule has 0 radical (unpaired) electrons. The Morgan fingerprint density at radius 3 is 2.54 bits per heavy atom. The molecule has 2 aromatic rings. The van der Waals surface area contributed by atoms with Gasteiger partial charge in [-0.1, -0.05) is 0 Å². The van der Waals surface area contributed by atoms with Crippen LogP contribution in [0.2, 0.25) is 0 Å². The minimum atomic E-state index is -0.727. The first-order valence-electron chi connectivity index (χ1n) is 7.09. The number of rotatable bonds is 4. The number of imide groups is 1. The minimum Gasteiger partial charge on any atom is -0.452 e. The highest BCUT2D eigenvalue weighted by atomic mass is 16.5. The standard InChI is InChI=1S/C15H17N5O4/c1-9-6-10(2)20(19-9)12-5-4-11(7-17-12)14(22)24-8-13(21)18-15(23)16-3/h4-7H,8H2,1-3H3,(H2,16,18,21,23). The van der Waals surface area contributed by atoms with Gasteiger partial charge < -0.3 is 10.1 Å². The zero-order valence-electron chi connectivity index (χ0n) is 13.5. The topological polar surface area (TPSA) is 115 Å². The molecule has 2 aromatic heterocycles. The van der Waals surface area contributed by atoms with Crippen molar-refractivity contribution in [3.05, 3.63) is 41.3 Å². The van der Waals surface area contributed by atoms with Gasteiger partial charge in [-0.05, 0) is 32.0 Å². The number of aromatic nitrogens is 3. The van der Waals surface area contributed by atoms with Crippen LogP contribution in [0.3, 0.4) is 0 Å². The molecule has 2 N–H and O–H groups in total. The summed E-state index contributed by atoms with van der Waals surface area (Å²) >= 11 is 0. The van der Waals surface area contributed by atoms with Crippen LogP contribution in [0.25, 0.3) is 5.82 Å². The van der Waals surface area contributed by atoms with Crippen molar-refractivity contribution in [1.82, 2.24) is 25.4 Å². The molecule has 0 fully saturated rings. The minimum absolute atomic E-state index is 0.188. The molecular weight excluding hydrogens is 314 g/mol. The third kappa shape index (κ3) is 4.15. The van der Waals surface area contributed by atoms with Crippen molar-refractivity contribution in [2.75, 3.05) is 13.7 Å². The number of carbonyl (C=O) groups excluding carboxylic acids is 3. The Balaban J connectivity index is 1.98. The van der Waals surface area contributed by atoms with Crippen LogP contribution >= 0.6 is 0 Å². The second-order valence-electron chi connectivity index (χ2n) is 4.95. The van der Waals surface area contributed by atoms with Crippen LogP contribution < -0.4 is 10.6 Å². The zero-order chi connectivity index (χ0) is 17.7. The summed E-state index contributed by atoms with van der Waals surface area (Å²) in [5.74, 6) is -0.876. The molecule has 0 aromatic carbocycles. The van der Waals surface area contributed by atoms with E-state index in [0.29, 0.717) is 5.82 Å². The van der Waals surface area contributed by atoms with Crippen molar-refractivity contribution < 1.29 is 19.1 Å². The van der Waals surface area contributed by atoms with Gasteiger partial charge in [0.15, 0.2) is 12.4 Å². The van der Waals surface area contributed by atoms with Crippen molar-refractivity contribution >= 4 is 17.9 Å². The van der Waals surface area contributed by atoms with E-state index in [9.17, 15) is 14.4 Å². The summed E-state index contributed by atoms with van der Waals surface area (Å²) in [6.45, 7) is 3.21. The molecule has 2 heterocycles. The molecule has 0 saturated carbocycles. The van der Waals surface area contributed by atoms with E-state index in [4.69, 9.17) is 4.74 Å². The van der Waals surface area contributed by atoms with Crippen molar-refractivity contribution in [3.8, 4) is 5.82 Å². The van der Waals surface area contributed by atoms with E-state index in [1.807, 2.05) is 25.2 Å². The van der Waals surface area contributed by atoms with E-state index in [2.05, 4.69) is 15.4 Å². The molecule has 0 bridgehead atoms. The fourth-order valence-corrected chi connectivity index (χ4v) is 1.93. The van der Waals surface area contributed by atoms with Crippen molar-refractivity contribution in [2.24, 2.45) is 0 Å². The molecule has 0 aliphatic carbocycles. The quantitative estimate of drug-likeness (QED) is 0.788. The Bertz CT molecular complexity index is 767. The fraction of sp³-hybridized carbons (Fsp3) is 0.267. The Kier molecular flexibility index (Phi) is 5.25. The van der Waals surface area contributed by atoms with Gasteiger partial charge >= 0.3 is 12.0 Å². The number of carbonyl (C=O) groups is 3. The molecule has 0 saturated heterocycles. The van der Waals surface area contributed by atoms with Gasteiger partial charge in [-0.2, -0.15) is 5.10 Å². The fourth-order valence-electron chi connectivity index (χ4n) is 1.93. The summed E-state index contributed by atoms with van der Waals surface area (Å²) in [6, 6.07) is 4.39. The molecule has 24 heavy (non-hydrogen) atoms. The lowest BCUT2D eigenvalue weighted by molar-refractivity contribution is -0.123. The summed E-state index contributed by atoms with van der Waals surface area (Å²) in [5, 5.41) is 8.49. The van der Waals surface area contributed by atoms with E-state index in [0.717, 1.165) is 11.4 Å². The molecule has 3 amide bonds. The smallest absolute Gasteiger partial charge is 0.340 e. The van der Waals surface area contributed by atoms with Crippen LogP contribution in [-0.4, -0.2) is 46.3 Å². The van der Waals surface area contributed by atoms with Gasteiger partial charge in [0.1, 0.15) is 0 Å². The van der Waals surface area contributed by atoms with Gasteiger partial charge in [0.05, 0.1) is 11.3 Å². The zero-order valence-corrected chi connectivity index (χ0v) is 13.5. The number of esters is 1. The Morgan fingerprint density at radius 2 is 2.00 bits per heavy atom. The van der Waals surface area contributed by atoms with Crippen molar-refractivity contribution in [3.63, 3.8) is 0 Å². The van der Waals surface area contributed by atoms with Gasteiger partial charge in [0.2, 0.25) is 0 Å². The molecule has 0 spiro atoms. The first-order chi connectivity index (χ1) is 11.4. The maximum absolute atomic E-state index is 11.9. The average molecular weight is 331 g/mol. The van der Waals surface area contributed by atoms with E-state index < -0.39 is 24.5 Å². The normalized spacial score (nSPS) is 10.1. The molecule has 126 valence electrons. The Morgan fingerprint density at radius 1 is 1.25 bits per heavy atom. The van der Waals surface area contributed by atoms with Crippen LogP contribution in [0.1, 0.15) is 21.7 Å². The maximum Gasteiger partial charge on any atom is 0.340 e. The van der Waals surface area contributed by atoms with Crippen LogP contribution in [0.15, 0.2) is 24.4 Å². The first kappa shape index (κ1) is 17.1. The lowest BCUT2D eigenvalue weighted by Crippen LogP contribution is -2.39. The molecule has 0 atom stereocenters. The number of pyridine rings is 1. The summed E-state index contributed by atoms with van der Waals surface area (Å²) < 4.78 is 6.47. The first-order valence-corrected chi connectivity index (χ1v) is 7.09. The van der Waals surface area contributed by atoms with E-state index in [1.54, 1.807) is 10.7 Å². The number of ether oxygens (including phenoxy) is 1. The second-order valence-corrected chi connectivity index (χ2v) is 4.95. The van der Waals surface area contributed by atoms with Gasteiger partial charge in [-0.25, -0.2) is 19.3 Å². The van der Waals surface area contributed by atoms with Crippen LogP contribution in [0.4, 0.5) is 4.79 Å². The number of nitrogens with one attached hydrogen (secondary N) is 2. The largest absolute Gasteiger partial charge is 0.452 e.